The van der Waals surface area contributed by atoms with E-state index in [4.69, 9.17) is 4.74 Å². The molecule has 2 nitrogen and oxygen atoms in total. The Morgan fingerprint density at radius 1 is 1.33 bits per heavy atom. The third-order valence-corrected chi connectivity index (χ3v) is 4.17. The Bertz CT molecular complexity index is 372. The topological polar surface area (TPSA) is 21.3 Å². The van der Waals surface area contributed by atoms with Crippen LogP contribution in [0.2, 0.25) is 0 Å². The maximum atomic E-state index is 5.45. The van der Waals surface area contributed by atoms with Crippen molar-refractivity contribution in [3.05, 3.63) is 34.3 Å². The van der Waals surface area contributed by atoms with Gasteiger partial charge in [0.15, 0.2) is 0 Å². The van der Waals surface area contributed by atoms with Gasteiger partial charge in [-0.25, -0.2) is 0 Å². The molecular formula is C12H14BrNO. The predicted octanol–water partition coefficient (Wildman–Crippen LogP) is 1.94. The molecule has 0 radical (unpaired) electrons. The van der Waals surface area contributed by atoms with Crippen molar-refractivity contribution in [2.45, 2.75) is 5.41 Å². The van der Waals surface area contributed by atoms with Crippen LogP contribution in [0.3, 0.4) is 0 Å². The number of hydrogen-bond acceptors (Lipinski definition) is 2. The van der Waals surface area contributed by atoms with Crippen molar-refractivity contribution in [1.82, 2.24) is 5.32 Å². The third kappa shape index (κ3) is 1.45. The second kappa shape index (κ2) is 3.58. The van der Waals surface area contributed by atoms with Crippen LogP contribution in [0.1, 0.15) is 5.56 Å². The Hall–Kier alpha value is -0.380. The zero-order valence-electron chi connectivity index (χ0n) is 8.50. The van der Waals surface area contributed by atoms with Crippen LogP contribution in [0.4, 0.5) is 0 Å². The van der Waals surface area contributed by atoms with E-state index >= 15 is 0 Å². The lowest BCUT2D eigenvalue weighted by Gasteiger charge is -2.51. The van der Waals surface area contributed by atoms with E-state index < -0.39 is 0 Å². The number of rotatable bonds is 2. The third-order valence-electron chi connectivity index (χ3n) is 3.68. The van der Waals surface area contributed by atoms with Gasteiger partial charge in [0.2, 0.25) is 0 Å². The molecule has 0 saturated carbocycles. The molecule has 1 aromatic carbocycles. The normalized spacial score (nSPS) is 24.3. The highest BCUT2D eigenvalue weighted by Crippen LogP contribution is 2.41. The van der Waals surface area contributed by atoms with Gasteiger partial charge in [0.25, 0.3) is 0 Å². The number of ether oxygens (including phenoxy) is 1. The summed E-state index contributed by atoms with van der Waals surface area (Å²) in [4.78, 5) is 0. The van der Waals surface area contributed by atoms with Gasteiger partial charge >= 0.3 is 0 Å². The van der Waals surface area contributed by atoms with Gasteiger partial charge in [-0.3, -0.25) is 0 Å². The number of hydrogen-bond donors (Lipinski definition) is 1. The van der Waals surface area contributed by atoms with Crippen LogP contribution in [0.25, 0.3) is 0 Å². The average molecular weight is 268 g/mol. The zero-order valence-corrected chi connectivity index (χ0v) is 10.1. The van der Waals surface area contributed by atoms with E-state index in [-0.39, 0.29) is 5.41 Å². The van der Waals surface area contributed by atoms with Crippen LogP contribution in [-0.4, -0.2) is 26.3 Å². The van der Waals surface area contributed by atoms with Gasteiger partial charge in [0, 0.05) is 23.0 Å². The molecule has 15 heavy (non-hydrogen) atoms. The van der Waals surface area contributed by atoms with Crippen molar-refractivity contribution in [2.24, 2.45) is 5.92 Å². The van der Waals surface area contributed by atoms with Gasteiger partial charge in [-0.05, 0) is 23.6 Å². The summed E-state index contributed by atoms with van der Waals surface area (Å²) in [5.74, 6) is 0.751. The van der Waals surface area contributed by atoms with Crippen molar-refractivity contribution in [1.29, 1.82) is 0 Å². The summed E-state index contributed by atoms with van der Waals surface area (Å²) < 4.78 is 6.61. The van der Waals surface area contributed by atoms with Crippen LogP contribution < -0.4 is 5.32 Å². The minimum Gasteiger partial charge on any atom is -0.379 e. The highest BCUT2D eigenvalue weighted by atomic mass is 79.9. The molecule has 0 spiro atoms. The fourth-order valence-corrected chi connectivity index (χ4v) is 2.84. The summed E-state index contributed by atoms with van der Waals surface area (Å²) in [6.07, 6.45) is 0. The first-order valence-corrected chi connectivity index (χ1v) is 6.15. The Morgan fingerprint density at radius 2 is 2.13 bits per heavy atom. The molecule has 3 rings (SSSR count). The first-order valence-electron chi connectivity index (χ1n) is 5.36. The van der Waals surface area contributed by atoms with Gasteiger partial charge in [-0.1, -0.05) is 28.1 Å². The average Bonchev–Trinajstić information content (AvgIpc) is 2.07. The van der Waals surface area contributed by atoms with E-state index in [2.05, 4.69) is 45.5 Å². The fraction of sp³-hybridized carbons (Fsp3) is 0.500. The molecule has 2 heterocycles. The number of halogens is 1. The Balaban J connectivity index is 1.95. The maximum Gasteiger partial charge on any atom is 0.0589 e. The second-order valence-corrected chi connectivity index (χ2v) is 5.43. The maximum absolute atomic E-state index is 5.45. The molecule has 0 amide bonds. The molecule has 0 aliphatic carbocycles. The summed E-state index contributed by atoms with van der Waals surface area (Å²) >= 11 is 3.54. The molecular weight excluding hydrogens is 254 g/mol. The minimum atomic E-state index is 0.287. The van der Waals surface area contributed by atoms with E-state index in [9.17, 15) is 0 Å². The van der Waals surface area contributed by atoms with Gasteiger partial charge in [-0.2, -0.15) is 0 Å². The van der Waals surface area contributed by atoms with Crippen molar-refractivity contribution in [3.63, 3.8) is 0 Å². The van der Waals surface area contributed by atoms with Crippen LogP contribution in [0, 0.1) is 5.92 Å². The van der Waals surface area contributed by atoms with Crippen molar-refractivity contribution in [2.75, 3.05) is 26.3 Å². The SMILES string of the molecule is Brc1cccc(C2(C3CNC3)COC2)c1. The van der Waals surface area contributed by atoms with Gasteiger partial charge in [-0.15, -0.1) is 0 Å². The molecule has 0 aromatic heterocycles. The standard InChI is InChI=1S/C12H14BrNO/c13-11-3-1-2-9(4-11)12(7-15-8-12)10-5-14-6-10/h1-4,10,14H,5-8H2. The van der Waals surface area contributed by atoms with Crippen molar-refractivity contribution >= 4 is 15.9 Å². The van der Waals surface area contributed by atoms with Crippen LogP contribution >= 0.6 is 15.9 Å². The summed E-state index contributed by atoms with van der Waals surface area (Å²) in [6, 6.07) is 8.66. The van der Waals surface area contributed by atoms with E-state index in [1.54, 1.807) is 0 Å². The molecule has 2 aliphatic heterocycles. The Morgan fingerprint density at radius 3 is 2.60 bits per heavy atom. The fourth-order valence-electron chi connectivity index (χ4n) is 2.44. The van der Waals surface area contributed by atoms with Crippen LogP contribution in [-0.2, 0) is 10.2 Å². The summed E-state index contributed by atoms with van der Waals surface area (Å²) in [5, 5.41) is 3.35. The van der Waals surface area contributed by atoms with Crippen molar-refractivity contribution < 1.29 is 4.74 Å². The van der Waals surface area contributed by atoms with Gasteiger partial charge in [0.1, 0.15) is 0 Å². The van der Waals surface area contributed by atoms with Gasteiger partial charge < -0.3 is 10.1 Å². The number of nitrogens with one attached hydrogen (secondary N) is 1. The summed E-state index contributed by atoms with van der Waals surface area (Å²) in [6.45, 7) is 4.04. The molecule has 2 aliphatic rings. The van der Waals surface area contributed by atoms with Crippen LogP contribution in [0.5, 0.6) is 0 Å². The monoisotopic (exact) mass is 267 g/mol. The molecule has 0 atom stereocenters. The van der Waals surface area contributed by atoms with E-state index in [0.717, 1.165) is 32.2 Å². The zero-order chi connectivity index (χ0) is 10.3. The van der Waals surface area contributed by atoms with E-state index in [1.165, 1.54) is 10.0 Å². The molecule has 1 N–H and O–H groups in total. The minimum absolute atomic E-state index is 0.287. The Kier molecular flexibility index (Phi) is 2.34. The molecule has 2 fully saturated rings. The van der Waals surface area contributed by atoms with Crippen LogP contribution in [0.15, 0.2) is 28.7 Å². The molecule has 0 unspecified atom stereocenters. The first-order chi connectivity index (χ1) is 7.31. The second-order valence-electron chi connectivity index (χ2n) is 4.51. The molecule has 0 bridgehead atoms. The Labute approximate surface area is 98.1 Å². The lowest BCUT2D eigenvalue weighted by molar-refractivity contribution is -0.101. The smallest absolute Gasteiger partial charge is 0.0589 e. The highest BCUT2D eigenvalue weighted by molar-refractivity contribution is 9.10. The molecule has 1 aromatic rings. The predicted molar refractivity (Wildman–Crippen MR) is 63.0 cm³/mol. The summed E-state index contributed by atoms with van der Waals surface area (Å²) in [5.41, 5.74) is 1.71. The molecule has 3 heteroatoms. The lowest BCUT2D eigenvalue weighted by Crippen LogP contribution is -2.62. The largest absolute Gasteiger partial charge is 0.379 e. The highest BCUT2D eigenvalue weighted by Gasteiger charge is 2.49. The summed E-state index contributed by atoms with van der Waals surface area (Å²) in [7, 11) is 0. The quantitative estimate of drug-likeness (QED) is 0.885. The van der Waals surface area contributed by atoms with E-state index in [1.807, 2.05) is 0 Å². The lowest BCUT2D eigenvalue weighted by atomic mass is 9.66. The number of benzene rings is 1. The van der Waals surface area contributed by atoms with Crippen molar-refractivity contribution in [3.8, 4) is 0 Å². The van der Waals surface area contributed by atoms with E-state index in [0.29, 0.717) is 0 Å². The first kappa shape index (κ1) is 9.82. The molecule has 2 saturated heterocycles. The van der Waals surface area contributed by atoms with Gasteiger partial charge in [0.05, 0.1) is 13.2 Å². The molecule has 80 valence electrons.